The van der Waals surface area contributed by atoms with Gasteiger partial charge in [-0.2, -0.15) is 4.98 Å². The van der Waals surface area contributed by atoms with Crippen LogP contribution in [0, 0.1) is 18.8 Å². The molecule has 3 fully saturated rings. The molecule has 1 aromatic heterocycles. The van der Waals surface area contributed by atoms with Crippen molar-refractivity contribution in [2.75, 3.05) is 32.4 Å². The van der Waals surface area contributed by atoms with Crippen LogP contribution in [0.25, 0.3) is 0 Å². The zero-order chi connectivity index (χ0) is 22.4. The van der Waals surface area contributed by atoms with Gasteiger partial charge in [0.05, 0.1) is 11.7 Å². The fourth-order valence-corrected chi connectivity index (χ4v) is 6.43. The Hall–Kier alpha value is -2.01. The predicted octanol–water partition coefficient (Wildman–Crippen LogP) is 0.434. The highest BCUT2D eigenvalue weighted by molar-refractivity contribution is 7.88. The fraction of sp³-hybridized carbons (Fsp3) is 0.800. The zero-order valence-corrected chi connectivity index (χ0v) is 19.2. The Morgan fingerprint density at radius 3 is 2.58 bits per heavy atom. The molecule has 31 heavy (non-hydrogen) atoms. The minimum Gasteiger partial charge on any atom is -0.353 e. The van der Waals surface area contributed by atoms with Crippen molar-refractivity contribution >= 4 is 21.8 Å². The maximum absolute atomic E-state index is 12.7. The number of nitrogens with zero attached hydrogens (tertiary/aromatic N) is 4. The molecule has 0 aromatic carbocycles. The van der Waals surface area contributed by atoms with Crippen LogP contribution in [0.3, 0.4) is 0 Å². The molecule has 0 bridgehead atoms. The highest BCUT2D eigenvalue weighted by Gasteiger charge is 2.59. The number of hydrogen-bond donors (Lipinski definition) is 1. The van der Waals surface area contributed by atoms with E-state index in [0.29, 0.717) is 57.2 Å². The summed E-state index contributed by atoms with van der Waals surface area (Å²) >= 11 is 0. The minimum atomic E-state index is -3.33. The van der Waals surface area contributed by atoms with E-state index in [0.717, 1.165) is 12.8 Å². The van der Waals surface area contributed by atoms with Crippen LogP contribution in [0.5, 0.6) is 0 Å². The molecule has 10 nitrogen and oxygen atoms in total. The van der Waals surface area contributed by atoms with Gasteiger partial charge in [0.15, 0.2) is 5.82 Å². The Balaban J connectivity index is 1.40. The highest BCUT2D eigenvalue weighted by atomic mass is 32.2. The van der Waals surface area contributed by atoms with E-state index in [1.807, 2.05) is 4.90 Å². The van der Waals surface area contributed by atoms with Crippen molar-refractivity contribution in [2.24, 2.45) is 11.8 Å². The normalized spacial score (nSPS) is 29.8. The topological polar surface area (TPSA) is 126 Å². The van der Waals surface area contributed by atoms with E-state index >= 15 is 0 Å². The quantitative estimate of drug-likeness (QED) is 0.685. The Labute approximate surface area is 182 Å². The molecule has 1 aromatic rings. The van der Waals surface area contributed by atoms with E-state index in [9.17, 15) is 18.0 Å². The van der Waals surface area contributed by atoms with Crippen LogP contribution in [-0.2, 0) is 25.0 Å². The third-order valence-electron chi connectivity index (χ3n) is 7.17. The molecule has 11 heteroatoms. The van der Waals surface area contributed by atoms with E-state index in [-0.39, 0.29) is 29.7 Å². The molecule has 1 N–H and O–H groups in total. The van der Waals surface area contributed by atoms with Crippen molar-refractivity contribution in [2.45, 2.75) is 57.4 Å². The third-order valence-corrected chi connectivity index (χ3v) is 8.38. The van der Waals surface area contributed by atoms with E-state index in [1.54, 1.807) is 13.8 Å². The third kappa shape index (κ3) is 4.48. The Morgan fingerprint density at radius 1 is 1.29 bits per heavy atom. The number of piperidine rings is 1. The van der Waals surface area contributed by atoms with Gasteiger partial charge >= 0.3 is 0 Å². The summed E-state index contributed by atoms with van der Waals surface area (Å²) < 4.78 is 31.3. The van der Waals surface area contributed by atoms with E-state index in [4.69, 9.17) is 4.52 Å². The Morgan fingerprint density at radius 2 is 2.00 bits per heavy atom. The van der Waals surface area contributed by atoms with Crippen LogP contribution in [-0.4, -0.2) is 78.1 Å². The molecule has 172 valence electrons. The van der Waals surface area contributed by atoms with Gasteiger partial charge in [0.1, 0.15) is 0 Å². The summed E-state index contributed by atoms with van der Waals surface area (Å²) in [6.45, 7) is 5.44. The van der Waals surface area contributed by atoms with Crippen molar-refractivity contribution in [3.63, 3.8) is 0 Å². The van der Waals surface area contributed by atoms with Crippen LogP contribution in [0.2, 0.25) is 0 Å². The number of sulfonamides is 1. The first-order valence-electron chi connectivity index (χ1n) is 10.9. The molecule has 0 radical (unpaired) electrons. The van der Waals surface area contributed by atoms with Gasteiger partial charge in [-0.1, -0.05) is 5.16 Å². The second-order valence-electron chi connectivity index (χ2n) is 9.41. The molecule has 0 spiro atoms. The fourth-order valence-electron chi connectivity index (χ4n) is 5.52. The molecule has 2 aliphatic heterocycles. The van der Waals surface area contributed by atoms with Crippen molar-refractivity contribution < 1.29 is 22.5 Å². The van der Waals surface area contributed by atoms with E-state index < -0.39 is 15.4 Å². The molecule has 1 saturated carbocycles. The van der Waals surface area contributed by atoms with Gasteiger partial charge in [-0.05, 0) is 44.4 Å². The molecule has 2 amide bonds. The van der Waals surface area contributed by atoms with Gasteiger partial charge < -0.3 is 14.7 Å². The summed E-state index contributed by atoms with van der Waals surface area (Å²) in [4.78, 5) is 30.5. The first-order valence-corrected chi connectivity index (χ1v) is 12.7. The van der Waals surface area contributed by atoms with Crippen molar-refractivity contribution in [1.29, 1.82) is 0 Å². The lowest BCUT2D eigenvalue weighted by atomic mass is 9.80. The molecule has 1 aliphatic carbocycles. The summed E-state index contributed by atoms with van der Waals surface area (Å²) in [7, 11) is -3.33. The van der Waals surface area contributed by atoms with E-state index in [1.165, 1.54) is 10.6 Å². The van der Waals surface area contributed by atoms with Gasteiger partial charge in [-0.3, -0.25) is 9.59 Å². The number of rotatable bonds is 5. The van der Waals surface area contributed by atoms with Gasteiger partial charge in [-0.15, -0.1) is 0 Å². The number of hydrogen-bond acceptors (Lipinski definition) is 7. The number of aryl methyl sites for hydroxylation is 1. The number of likely N-dealkylation sites (tertiary alicyclic amines) is 1. The molecule has 3 heterocycles. The minimum absolute atomic E-state index is 0.0167. The predicted molar refractivity (Wildman–Crippen MR) is 111 cm³/mol. The number of amides is 2. The number of fused-ring (bicyclic) bond motifs is 1. The largest absolute Gasteiger partial charge is 0.353 e. The van der Waals surface area contributed by atoms with Gasteiger partial charge in [0, 0.05) is 45.6 Å². The molecule has 0 unspecified atom stereocenters. The van der Waals surface area contributed by atoms with Crippen LogP contribution >= 0.6 is 0 Å². The second kappa shape index (κ2) is 8.16. The average Bonchev–Trinajstić information content (AvgIpc) is 3.34. The first kappa shape index (κ1) is 22.2. The van der Waals surface area contributed by atoms with E-state index in [2.05, 4.69) is 15.5 Å². The number of carbonyl (C=O) groups is 2. The Kier molecular flexibility index (Phi) is 5.84. The second-order valence-corrected chi connectivity index (χ2v) is 11.4. The summed E-state index contributed by atoms with van der Waals surface area (Å²) in [5, 5.41) is 7.08. The number of carbonyl (C=O) groups excluding carboxylic acids is 2. The molecular weight excluding hydrogens is 422 g/mol. The van der Waals surface area contributed by atoms with Crippen molar-refractivity contribution in [3.8, 4) is 0 Å². The smallest absolute Gasteiger partial charge is 0.234 e. The molecule has 3 atom stereocenters. The number of nitrogens with one attached hydrogen (secondary N) is 1. The Bertz CT molecular complexity index is 955. The molecule has 2 saturated heterocycles. The summed E-state index contributed by atoms with van der Waals surface area (Å²) in [5.74, 6) is 1.39. The molecule has 4 rings (SSSR count). The maximum Gasteiger partial charge on any atom is 0.234 e. The van der Waals surface area contributed by atoms with Crippen molar-refractivity contribution in [1.82, 2.24) is 24.7 Å². The zero-order valence-electron chi connectivity index (χ0n) is 18.3. The van der Waals surface area contributed by atoms with Crippen LogP contribution in [0.1, 0.15) is 50.7 Å². The lowest BCUT2D eigenvalue weighted by molar-refractivity contribution is -0.130. The van der Waals surface area contributed by atoms with Gasteiger partial charge in [-0.25, -0.2) is 12.7 Å². The van der Waals surface area contributed by atoms with Crippen LogP contribution < -0.4 is 5.32 Å². The average molecular weight is 454 g/mol. The highest BCUT2D eigenvalue weighted by Crippen LogP contribution is 2.50. The van der Waals surface area contributed by atoms with Gasteiger partial charge in [0.2, 0.25) is 27.7 Å². The lowest BCUT2D eigenvalue weighted by Crippen LogP contribution is -2.41. The van der Waals surface area contributed by atoms with Gasteiger partial charge in [0.25, 0.3) is 0 Å². The molecular formula is C20H31N5O5S. The monoisotopic (exact) mass is 453 g/mol. The van der Waals surface area contributed by atoms with Crippen LogP contribution in [0.4, 0.5) is 0 Å². The summed E-state index contributed by atoms with van der Waals surface area (Å²) in [6, 6.07) is -0.0521. The summed E-state index contributed by atoms with van der Waals surface area (Å²) in [6.07, 6.45) is 4.62. The van der Waals surface area contributed by atoms with Crippen LogP contribution in [0.15, 0.2) is 4.52 Å². The number of aromatic nitrogens is 2. The molecule has 3 aliphatic rings. The first-order chi connectivity index (χ1) is 14.6. The summed E-state index contributed by atoms with van der Waals surface area (Å²) in [5.41, 5.74) is -0.560. The van der Waals surface area contributed by atoms with Crippen molar-refractivity contribution in [3.05, 3.63) is 11.7 Å². The standard InChI is InChI=1S/C20H31N5O5S/c1-13-21-19(30-23-13)20-10-17(9-16(20)11-25(12-20)31(3,28)29)22-18(27)8-15-4-6-24(7-5-15)14(2)26/h15-17H,4-12H2,1-3H3,(H,22,27)/t16-,17+,20-/m0/s1. The lowest BCUT2D eigenvalue weighted by Gasteiger charge is -2.31. The SMILES string of the molecule is CC(=O)N1CCC(CC(=O)N[C@@H]2C[C@H]3CN(S(C)(=O)=O)C[C@@]3(c3nc(C)no3)C2)CC1. The maximum atomic E-state index is 12.7.